The van der Waals surface area contributed by atoms with Gasteiger partial charge >= 0.3 is 0 Å². The van der Waals surface area contributed by atoms with E-state index in [4.69, 9.17) is 4.74 Å². The molecule has 15 heavy (non-hydrogen) atoms. The zero-order chi connectivity index (χ0) is 11.2. The summed E-state index contributed by atoms with van der Waals surface area (Å²) in [7, 11) is 0. The van der Waals surface area contributed by atoms with Crippen LogP contribution in [-0.4, -0.2) is 11.2 Å². The van der Waals surface area contributed by atoms with Crippen molar-refractivity contribution in [3.05, 3.63) is 23.3 Å². The predicted octanol–water partition coefficient (Wildman–Crippen LogP) is 3.15. The highest BCUT2D eigenvalue weighted by Gasteiger charge is 2.33. The number of aryl methyl sites for hydroxylation is 1. The Kier molecular flexibility index (Phi) is 2.18. The van der Waals surface area contributed by atoms with Crippen molar-refractivity contribution >= 4 is 0 Å². The molecule has 1 atom stereocenters. The fourth-order valence-electron chi connectivity index (χ4n) is 2.38. The standard InChI is InChI=1S/C13H18O2/c1-8-5-12-10(6-11(8)14)13(3,4)7-9(2)15-12/h5-6,9,14H,7H2,1-4H3. The summed E-state index contributed by atoms with van der Waals surface area (Å²) >= 11 is 0. The minimum absolute atomic E-state index is 0.0815. The van der Waals surface area contributed by atoms with E-state index in [1.165, 1.54) is 0 Å². The van der Waals surface area contributed by atoms with E-state index in [1.807, 2.05) is 19.1 Å². The first-order chi connectivity index (χ1) is 6.90. The highest BCUT2D eigenvalue weighted by Crippen LogP contribution is 2.43. The van der Waals surface area contributed by atoms with E-state index < -0.39 is 0 Å². The monoisotopic (exact) mass is 206 g/mol. The molecule has 2 nitrogen and oxygen atoms in total. The Morgan fingerprint density at radius 1 is 1.40 bits per heavy atom. The van der Waals surface area contributed by atoms with Crippen molar-refractivity contribution < 1.29 is 9.84 Å². The largest absolute Gasteiger partial charge is 0.508 e. The molecule has 0 bridgehead atoms. The topological polar surface area (TPSA) is 29.5 Å². The highest BCUT2D eigenvalue weighted by molar-refractivity contribution is 5.49. The zero-order valence-electron chi connectivity index (χ0n) is 9.79. The van der Waals surface area contributed by atoms with Gasteiger partial charge in [-0.15, -0.1) is 0 Å². The first-order valence-electron chi connectivity index (χ1n) is 5.41. The van der Waals surface area contributed by atoms with Crippen molar-refractivity contribution in [2.24, 2.45) is 0 Å². The molecule has 1 N–H and O–H groups in total. The fraction of sp³-hybridized carbons (Fsp3) is 0.538. The average molecular weight is 206 g/mol. The second-order valence-electron chi connectivity index (χ2n) is 5.15. The quantitative estimate of drug-likeness (QED) is 0.706. The van der Waals surface area contributed by atoms with E-state index in [0.29, 0.717) is 5.75 Å². The van der Waals surface area contributed by atoms with Crippen LogP contribution in [0.1, 0.15) is 38.3 Å². The molecule has 1 aliphatic rings. The summed E-state index contributed by atoms with van der Waals surface area (Å²) in [6.45, 7) is 8.37. The predicted molar refractivity (Wildman–Crippen MR) is 60.6 cm³/mol. The summed E-state index contributed by atoms with van der Waals surface area (Å²) in [6.07, 6.45) is 1.24. The van der Waals surface area contributed by atoms with Crippen molar-refractivity contribution in [3.63, 3.8) is 0 Å². The summed E-state index contributed by atoms with van der Waals surface area (Å²) in [4.78, 5) is 0. The van der Waals surface area contributed by atoms with Crippen LogP contribution in [0.3, 0.4) is 0 Å². The Hall–Kier alpha value is -1.18. The lowest BCUT2D eigenvalue weighted by molar-refractivity contribution is 0.150. The molecule has 0 saturated carbocycles. The van der Waals surface area contributed by atoms with Crippen LogP contribution in [0.5, 0.6) is 11.5 Å². The number of fused-ring (bicyclic) bond motifs is 1. The lowest BCUT2D eigenvalue weighted by Crippen LogP contribution is -2.32. The molecular formula is C13H18O2. The Morgan fingerprint density at radius 3 is 2.73 bits per heavy atom. The van der Waals surface area contributed by atoms with E-state index in [2.05, 4.69) is 20.8 Å². The van der Waals surface area contributed by atoms with E-state index in [0.717, 1.165) is 23.3 Å². The SMILES string of the molecule is Cc1cc2c(cc1O)C(C)(C)CC(C)O2. The van der Waals surface area contributed by atoms with Gasteiger partial charge < -0.3 is 9.84 Å². The first kappa shape index (κ1) is 10.3. The number of phenols is 1. The van der Waals surface area contributed by atoms with Crippen LogP contribution in [0.4, 0.5) is 0 Å². The molecule has 0 saturated heterocycles. The van der Waals surface area contributed by atoms with Gasteiger partial charge in [-0.05, 0) is 43.4 Å². The molecule has 1 aliphatic heterocycles. The van der Waals surface area contributed by atoms with Gasteiger partial charge in [0.15, 0.2) is 0 Å². The Balaban J connectivity index is 2.58. The van der Waals surface area contributed by atoms with Gasteiger partial charge in [0.25, 0.3) is 0 Å². The molecule has 0 spiro atoms. The van der Waals surface area contributed by atoms with Crippen LogP contribution in [-0.2, 0) is 5.41 Å². The lowest BCUT2D eigenvalue weighted by Gasteiger charge is -2.36. The number of rotatable bonds is 0. The lowest BCUT2D eigenvalue weighted by atomic mass is 9.77. The molecule has 0 fully saturated rings. The van der Waals surface area contributed by atoms with E-state index in [9.17, 15) is 5.11 Å². The molecule has 1 unspecified atom stereocenters. The highest BCUT2D eigenvalue weighted by atomic mass is 16.5. The maximum Gasteiger partial charge on any atom is 0.123 e. The Labute approximate surface area is 90.9 Å². The van der Waals surface area contributed by atoms with Gasteiger partial charge in [0, 0.05) is 5.56 Å². The Morgan fingerprint density at radius 2 is 2.07 bits per heavy atom. The zero-order valence-corrected chi connectivity index (χ0v) is 9.79. The maximum absolute atomic E-state index is 9.72. The van der Waals surface area contributed by atoms with Crippen molar-refractivity contribution in [2.75, 3.05) is 0 Å². The summed E-state index contributed by atoms with van der Waals surface area (Å²) in [6, 6.07) is 3.78. The van der Waals surface area contributed by atoms with Crippen LogP contribution in [0.15, 0.2) is 12.1 Å². The average Bonchev–Trinajstić information content (AvgIpc) is 2.07. The van der Waals surface area contributed by atoms with Gasteiger partial charge in [-0.25, -0.2) is 0 Å². The first-order valence-corrected chi connectivity index (χ1v) is 5.41. The van der Waals surface area contributed by atoms with Gasteiger partial charge in [0.1, 0.15) is 11.5 Å². The number of hydrogen-bond acceptors (Lipinski definition) is 2. The fourth-order valence-corrected chi connectivity index (χ4v) is 2.38. The minimum Gasteiger partial charge on any atom is -0.508 e. The van der Waals surface area contributed by atoms with Gasteiger partial charge in [-0.1, -0.05) is 13.8 Å². The van der Waals surface area contributed by atoms with Crippen LogP contribution in [0, 0.1) is 6.92 Å². The Bertz CT molecular complexity index is 394. The van der Waals surface area contributed by atoms with Gasteiger partial charge in [0.05, 0.1) is 6.10 Å². The third kappa shape index (κ3) is 1.69. The third-order valence-corrected chi connectivity index (χ3v) is 3.15. The third-order valence-electron chi connectivity index (χ3n) is 3.15. The van der Waals surface area contributed by atoms with Crippen molar-refractivity contribution in [3.8, 4) is 11.5 Å². The van der Waals surface area contributed by atoms with Crippen LogP contribution < -0.4 is 4.74 Å². The van der Waals surface area contributed by atoms with Crippen molar-refractivity contribution in [1.82, 2.24) is 0 Å². The summed E-state index contributed by atoms with van der Waals surface area (Å²) in [5.41, 5.74) is 2.07. The number of benzene rings is 1. The molecule has 0 aromatic heterocycles. The molecule has 2 heteroatoms. The molecule has 1 heterocycles. The molecule has 0 amide bonds. The number of ether oxygens (including phenoxy) is 1. The second-order valence-corrected chi connectivity index (χ2v) is 5.15. The van der Waals surface area contributed by atoms with Gasteiger partial charge in [-0.2, -0.15) is 0 Å². The summed E-state index contributed by atoms with van der Waals surface area (Å²) in [5.74, 6) is 1.29. The summed E-state index contributed by atoms with van der Waals surface area (Å²) < 4.78 is 5.79. The number of hydrogen-bond donors (Lipinski definition) is 1. The van der Waals surface area contributed by atoms with Crippen LogP contribution in [0.2, 0.25) is 0 Å². The number of phenolic OH excluding ortho intramolecular Hbond substituents is 1. The van der Waals surface area contributed by atoms with Gasteiger partial charge in [0.2, 0.25) is 0 Å². The second kappa shape index (κ2) is 3.16. The molecule has 0 radical (unpaired) electrons. The maximum atomic E-state index is 9.72. The molecule has 82 valence electrons. The van der Waals surface area contributed by atoms with E-state index >= 15 is 0 Å². The van der Waals surface area contributed by atoms with Gasteiger partial charge in [-0.3, -0.25) is 0 Å². The molecule has 0 aliphatic carbocycles. The normalized spacial score (nSPS) is 23.1. The minimum atomic E-state index is 0.0815. The van der Waals surface area contributed by atoms with Crippen molar-refractivity contribution in [1.29, 1.82) is 0 Å². The smallest absolute Gasteiger partial charge is 0.123 e. The van der Waals surface area contributed by atoms with E-state index in [1.54, 1.807) is 0 Å². The van der Waals surface area contributed by atoms with Crippen LogP contribution in [0.25, 0.3) is 0 Å². The summed E-state index contributed by atoms with van der Waals surface area (Å²) in [5, 5.41) is 9.72. The molecule has 2 rings (SSSR count). The molecule has 1 aromatic rings. The molecular weight excluding hydrogens is 188 g/mol. The number of aromatic hydroxyl groups is 1. The van der Waals surface area contributed by atoms with Crippen LogP contribution >= 0.6 is 0 Å². The van der Waals surface area contributed by atoms with Crippen molar-refractivity contribution in [2.45, 2.75) is 45.6 Å². The molecule has 1 aromatic carbocycles. The van der Waals surface area contributed by atoms with E-state index in [-0.39, 0.29) is 11.5 Å².